The Balaban J connectivity index is 1.62. The second-order valence-electron chi connectivity index (χ2n) is 10.4. The van der Waals surface area contributed by atoms with Gasteiger partial charge in [0.25, 0.3) is 0 Å². The van der Waals surface area contributed by atoms with E-state index in [1.807, 2.05) is 18.9 Å². The van der Waals surface area contributed by atoms with Crippen LogP contribution in [-0.2, 0) is 14.3 Å². The van der Waals surface area contributed by atoms with Gasteiger partial charge in [0.05, 0.1) is 6.61 Å². The molecule has 3 aliphatic carbocycles. The van der Waals surface area contributed by atoms with E-state index in [1.54, 1.807) is 0 Å². The molecule has 0 N–H and O–H groups in total. The van der Waals surface area contributed by atoms with E-state index in [0.717, 1.165) is 19.3 Å². The number of carbonyl (C=O) groups excluding carboxylic acids is 2. The summed E-state index contributed by atoms with van der Waals surface area (Å²) in [7, 11) is 1.98. The standard InChI is InChI=1S/C24H37NO3/c1-6-28-21(27)14-16-7-8-18-17-13-15(2)22-24(4,12-10-20(26)25(22)5)19(17)9-11-23(16,18)3/h16-19H,6-14H2,1-5H3. The molecule has 0 aromatic rings. The Kier molecular flexibility index (Phi) is 4.91. The number of rotatable bonds is 3. The summed E-state index contributed by atoms with van der Waals surface area (Å²) in [4.78, 5) is 26.5. The Morgan fingerprint density at radius 1 is 1.18 bits per heavy atom. The van der Waals surface area contributed by atoms with Crippen LogP contribution in [0.25, 0.3) is 0 Å². The lowest BCUT2D eigenvalue weighted by Crippen LogP contribution is -2.54. The van der Waals surface area contributed by atoms with Gasteiger partial charge in [-0.15, -0.1) is 0 Å². The number of hydrogen-bond acceptors (Lipinski definition) is 3. The van der Waals surface area contributed by atoms with Crippen LogP contribution in [0.3, 0.4) is 0 Å². The predicted octanol–water partition coefficient (Wildman–Crippen LogP) is 4.93. The monoisotopic (exact) mass is 387 g/mol. The number of likely N-dealkylation sites (tertiary alicyclic amines) is 1. The third-order valence-electron chi connectivity index (χ3n) is 9.23. The highest BCUT2D eigenvalue weighted by atomic mass is 16.5. The summed E-state index contributed by atoms with van der Waals surface area (Å²) in [6.07, 6.45) is 8.24. The second-order valence-corrected chi connectivity index (χ2v) is 10.4. The van der Waals surface area contributed by atoms with Gasteiger partial charge in [-0.1, -0.05) is 19.4 Å². The maximum atomic E-state index is 12.4. The number of esters is 1. The summed E-state index contributed by atoms with van der Waals surface area (Å²) >= 11 is 0. The van der Waals surface area contributed by atoms with E-state index < -0.39 is 0 Å². The zero-order valence-electron chi connectivity index (χ0n) is 18.3. The molecule has 4 heteroatoms. The maximum absolute atomic E-state index is 12.4. The fraction of sp³-hybridized carbons (Fsp3) is 0.833. The van der Waals surface area contributed by atoms with E-state index in [9.17, 15) is 9.59 Å². The molecule has 0 spiro atoms. The van der Waals surface area contributed by atoms with Crippen LogP contribution >= 0.6 is 0 Å². The minimum Gasteiger partial charge on any atom is -0.466 e. The van der Waals surface area contributed by atoms with Crippen LogP contribution in [0.15, 0.2) is 11.3 Å². The number of ether oxygens (including phenoxy) is 1. The number of piperidine rings is 1. The van der Waals surface area contributed by atoms with E-state index in [-0.39, 0.29) is 22.7 Å². The summed E-state index contributed by atoms with van der Waals surface area (Å²) in [6.45, 7) is 9.52. The lowest BCUT2D eigenvalue weighted by Gasteiger charge is -2.59. The highest BCUT2D eigenvalue weighted by Crippen LogP contribution is 2.67. The van der Waals surface area contributed by atoms with E-state index in [0.29, 0.717) is 43.1 Å². The smallest absolute Gasteiger partial charge is 0.306 e. The van der Waals surface area contributed by atoms with E-state index in [1.165, 1.54) is 30.5 Å². The highest BCUT2D eigenvalue weighted by Gasteiger charge is 2.60. The third-order valence-corrected chi connectivity index (χ3v) is 9.23. The Labute approximate surface area is 170 Å². The molecular formula is C24H37NO3. The molecule has 1 amide bonds. The molecule has 1 aliphatic heterocycles. The van der Waals surface area contributed by atoms with Crippen molar-refractivity contribution in [3.8, 4) is 0 Å². The van der Waals surface area contributed by atoms with Crippen molar-refractivity contribution in [3.05, 3.63) is 11.3 Å². The molecule has 6 unspecified atom stereocenters. The molecule has 4 aliphatic rings. The zero-order chi connectivity index (χ0) is 20.3. The van der Waals surface area contributed by atoms with Crippen LogP contribution in [-0.4, -0.2) is 30.4 Å². The van der Waals surface area contributed by atoms with Crippen molar-refractivity contribution >= 4 is 11.9 Å². The normalized spacial score (nSPS) is 42.8. The molecule has 0 bridgehead atoms. The number of nitrogens with zero attached hydrogens (tertiary/aromatic N) is 1. The minimum atomic E-state index is -0.0158. The molecule has 0 radical (unpaired) electrons. The zero-order valence-corrected chi connectivity index (χ0v) is 18.3. The molecule has 28 heavy (non-hydrogen) atoms. The number of fused-ring (bicyclic) bond motifs is 5. The molecule has 4 rings (SSSR count). The van der Waals surface area contributed by atoms with Gasteiger partial charge in [-0.3, -0.25) is 9.59 Å². The first-order valence-electron chi connectivity index (χ1n) is 11.3. The summed E-state index contributed by atoms with van der Waals surface area (Å²) in [5.41, 5.74) is 3.15. The van der Waals surface area contributed by atoms with Gasteiger partial charge in [-0.2, -0.15) is 0 Å². The number of allylic oxidation sites excluding steroid dienone is 2. The van der Waals surface area contributed by atoms with Crippen molar-refractivity contribution in [3.63, 3.8) is 0 Å². The molecule has 4 nitrogen and oxygen atoms in total. The first-order valence-corrected chi connectivity index (χ1v) is 11.3. The van der Waals surface area contributed by atoms with Gasteiger partial charge in [0.1, 0.15) is 0 Å². The quantitative estimate of drug-likeness (QED) is 0.645. The average molecular weight is 388 g/mol. The van der Waals surface area contributed by atoms with Gasteiger partial charge < -0.3 is 9.64 Å². The van der Waals surface area contributed by atoms with Gasteiger partial charge in [-0.25, -0.2) is 0 Å². The largest absolute Gasteiger partial charge is 0.466 e. The van der Waals surface area contributed by atoms with Crippen LogP contribution in [0.2, 0.25) is 0 Å². The van der Waals surface area contributed by atoms with Crippen molar-refractivity contribution in [2.24, 2.45) is 34.5 Å². The van der Waals surface area contributed by atoms with Crippen molar-refractivity contribution in [2.75, 3.05) is 13.7 Å². The van der Waals surface area contributed by atoms with E-state index >= 15 is 0 Å². The maximum Gasteiger partial charge on any atom is 0.306 e. The first kappa shape index (κ1) is 20.0. The third kappa shape index (κ3) is 2.77. The number of amides is 1. The van der Waals surface area contributed by atoms with Gasteiger partial charge in [-0.05, 0) is 81.5 Å². The minimum absolute atomic E-state index is 0.0158. The molecule has 1 saturated heterocycles. The molecule has 3 fully saturated rings. The fourth-order valence-electron chi connectivity index (χ4n) is 7.97. The van der Waals surface area contributed by atoms with Crippen LogP contribution in [0, 0.1) is 34.5 Å². The molecule has 1 heterocycles. The topological polar surface area (TPSA) is 46.6 Å². The van der Waals surface area contributed by atoms with Crippen molar-refractivity contribution in [1.82, 2.24) is 4.90 Å². The van der Waals surface area contributed by atoms with Crippen LogP contribution < -0.4 is 0 Å². The predicted molar refractivity (Wildman–Crippen MR) is 109 cm³/mol. The molecular weight excluding hydrogens is 350 g/mol. The summed E-state index contributed by atoms with van der Waals surface area (Å²) in [6, 6.07) is 0. The molecule has 0 aromatic carbocycles. The lowest BCUT2D eigenvalue weighted by molar-refractivity contribution is -0.146. The van der Waals surface area contributed by atoms with Gasteiger partial charge in [0.2, 0.25) is 5.91 Å². The molecule has 0 aromatic heterocycles. The number of carbonyl (C=O) groups is 2. The summed E-state index contributed by atoms with van der Waals surface area (Å²) < 4.78 is 5.28. The molecule has 2 saturated carbocycles. The molecule has 6 atom stereocenters. The average Bonchev–Trinajstić information content (AvgIpc) is 2.95. The van der Waals surface area contributed by atoms with Crippen LogP contribution in [0.4, 0.5) is 0 Å². The summed E-state index contributed by atoms with van der Waals surface area (Å²) in [5, 5.41) is 0. The number of hydrogen-bond donors (Lipinski definition) is 0. The summed E-state index contributed by atoms with van der Waals surface area (Å²) in [5.74, 6) is 2.79. The van der Waals surface area contributed by atoms with Crippen molar-refractivity contribution < 1.29 is 14.3 Å². The Morgan fingerprint density at radius 3 is 2.64 bits per heavy atom. The van der Waals surface area contributed by atoms with Crippen LogP contribution in [0.5, 0.6) is 0 Å². The van der Waals surface area contributed by atoms with Gasteiger partial charge in [0.15, 0.2) is 0 Å². The van der Waals surface area contributed by atoms with Gasteiger partial charge >= 0.3 is 5.97 Å². The van der Waals surface area contributed by atoms with E-state index in [2.05, 4.69) is 20.8 Å². The SMILES string of the molecule is CCOC(=O)CC1CCC2C3CC(C)=C4N(C)C(=O)CCC4(C)C3CCC12C. The Bertz CT molecular complexity index is 713. The Hall–Kier alpha value is -1.32. The van der Waals surface area contributed by atoms with Crippen LogP contribution in [0.1, 0.15) is 79.1 Å². The first-order chi connectivity index (χ1) is 13.2. The van der Waals surface area contributed by atoms with E-state index in [4.69, 9.17) is 4.74 Å². The van der Waals surface area contributed by atoms with Crippen molar-refractivity contribution in [1.29, 1.82) is 0 Å². The lowest BCUT2D eigenvalue weighted by atomic mass is 9.48. The molecule has 156 valence electrons. The van der Waals surface area contributed by atoms with Gasteiger partial charge in [0, 0.05) is 31.0 Å². The fourth-order valence-corrected chi connectivity index (χ4v) is 7.97. The van der Waals surface area contributed by atoms with Crippen molar-refractivity contribution in [2.45, 2.75) is 79.1 Å². The second kappa shape index (κ2) is 6.88. The Morgan fingerprint density at radius 2 is 1.93 bits per heavy atom. The highest BCUT2D eigenvalue weighted by molar-refractivity contribution is 5.79.